The van der Waals surface area contributed by atoms with E-state index in [1.165, 1.54) is 0 Å². The van der Waals surface area contributed by atoms with Crippen molar-refractivity contribution in [3.8, 4) is 5.69 Å². The van der Waals surface area contributed by atoms with Crippen LogP contribution in [0.25, 0.3) is 5.69 Å². The van der Waals surface area contributed by atoms with Gasteiger partial charge < -0.3 is 9.67 Å². The number of hydrogen-bond donors (Lipinski definition) is 1. The molecule has 0 amide bonds. The van der Waals surface area contributed by atoms with Gasteiger partial charge in [0, 0.05) is 11.9 Å². The van der Waals surface area contributed by atoms with Gasteiger partial charge in [-0.25, -0.2) is 4.79 Å². The first-order valence-corrected chi connectivity index (χ1v) is 7.32. The van der Waals surface area contributed by atoms with Crippen molar-refractivity contribution in [2.24, 2.45) is 4.99 Å². The van der Waals surface area contributed by atoms with E-state index in [4.69, 9.17) is 16.7 Å². The predicted molar refractivity (Wildman–Crippen MR) is 91.4 cm³/mol. The molecule has 1 heterocycles. The SMILES string of the molecule is O=C(O)c1cccc(-n2cccc2C=Nc2ccccc2Cl)c1. The molecule has 0 fully saturated rings. The molecule has 3 rings (SSSR count). The van der Waals surface area contributed by atoms with Crippen molar-refractivity contribution >= 4 is 29.5 Å². The number of benzene rings is 2. The molecule has 0 aliphatic rings. The fourth-order valence-electron chi connectivity index (χ4n) is 2.22. The summed E-state index contributed by atoms with van der Waals surface area (Å²) in [5.41, 5.74) is 2.51. The normalized spacial score (nSPS) is 11.0. The van der Waals surface area contributed by atoms with Crippen molar-refractivity contribution < 1.29 is 9.90 Å². The molecule has 23 heavy (non-hydrogen) atoms. The molecule has 114 valence electrons. The third-order valence-electron chi connectivity index (χ3n) is 3.34. The van der Waals surface area contributed by atoms with Gasteiger partial charge in [0.25, 0.3) is 0 Å². The molecule has 0 saturated carbocycles. The van der Waals surface area contributed by atoms with Gasteiger partial charge in [-0.1, -0.05) is 29.8 Å². The second-order valence-electron chi connectivity index (χ2n) is 4.87. The Kier molecular flexibility index (Phi) is 4.26. The van der Waals surface area contributed by atoms with Crippen LogP contribution >= 0.6 is 11.6 Å². The molecule has 3 aromatic rings. The molecule has 0 saturated heterocycles. The van der Waals surface area contributed by atoms with Crippen LogP contribution in [-0.2, 0) is 0 Å². The van der Waals surface area contributed by atoms with Gasteiger partial charge in [0.05, 0.1) is 28.2 Å². The van der Waals surface area contributed by atoms with Crippen LogP contribution in [0.3, 0.4) is 0 Å². The molecule has 0 aliphatic carbocycles. The summed E-state index contributed by atoms with van der Waals surface area (Å²) in [6, 6.07) is 17.8. The van der Waals surface area contributed by atoms with Crippen molar-refractivity contribution in [3.05, 3.63) is 83.1 Å². The van der Waals surface area contributed by atoms with E-state index in [-0.39, 0.29) is 5.56 Å². The quantitative estimate of drug-likeness (QED) is 0.714. The first-order valence-electron chi connectivity index (χ1n) is 6.95. The number of hydrogen-bond acceptors (Lipinski definition) is 2. The zero-order chi connectivity index (χ0) is 16.2. The van der Waals surface area contributed by atoms with Crippen LogP contribution in [0.15, 0.2) is 71.9 Å². The van der Waals surface area contributed by atoms with E-state index >= 15 is 0 Å². The Morgan fingerprint density at radius 2 is 1.91 bits per heavy atom. The maximum absolute atomic E-state index is 11.1. The lowest BCUT2D eigenvalue weighted by molar-refractivity contribution is 0.0697. The fourth-order valence-corrected chi connectivity index (χ4v) is 2.40. The maximum Gasteiger partial charge on any atom is 0.335 e. The number of aromatic carboxylic acids is 1. The Morgan fingerprint density at radius 3 is 2.70 bits per heavy atom. The summed E-state index contributed by atoms with van der Waals surface area (Å²) in [7, 11) is 0. The number of nitrogens with zero attached hydrogens (tertiary/aromatic N) is 2. The molecule has 2 aromatic carbocycles. The summed E-state index contributed by atoms with van der Waals surface area (Å²) >= 11 is 6.09. The number of aliphatic imine (C=N–C) groups is 1. The van der Waals surface area contributed by atoms with Crippen molar-refractivity contribution in [3.63, 3.8) is 0 Å². The molecule has 5 heteroatoms. The molecule has 0 bridgehead atoms. The molecule has 0 atom stereocenters. The van der Waals surface area contributed by atoms with Crippen molar-refractivity contribution in [2.75, 3.05) is 0 Å². The van der Waals surface area contributed by atoms with Crippen LogP contribution in [0.1, 0.15) is 16.1 Å². The average Bonchev–Trinajstić information content (AvgIpc) is 3.03. The van der Waals surface area contributed by atoms with Gasteiger partial charge in [0.1, 0.15) is 0 Å². The highest BCUT2D eigenvalue weighted by Gasteiger charge is 2.06. The molecule has 1 aromatic heterocycles. The summed E-state index contributed by atoms with van der Waals surface area (Å²) in [6.45, 7) is 0. The van der Waals surface area contributed by atoms with Gasteiger partial charge >= 0.3 is 5.97 Å². The van der Waals surface area contributed by atoms with E-state index in [9.17, 15) is 4.79 Å². The first-order chi connectivity index (χ1) is 11.1. The smallest absolute Gasteiger partial charge is 0.335 e. The van der Waals surface area contributed by atoms with Crippen molar-refractivity contribution in [1.29, 1.82) is 0 Å². The van der Waals surface area contributed by atoms with E-state index in [0.29, 0.717) is 10.7 Å². The Hall–Kier alpha value is -2.85. The fraction of sp³-hybridized carbons (Fsp3) is 0. The Bertz CT molecular complexity index is 884. The topological polar surface area (TPSA) is 54.6 Å². The standard InChI is InChI=1S/C18H13ClN2O2/c19-16-8-1-2-9-17(16)20-12-15-7-4-10-21(15)14-6-3-5-13(11-14)18(22)23/h1-12H,(H,22,23). The minimum Gasteiger partial charge on any atom is -0.478 e. The molecule has 0 radical (unpaired) electrons. The van der Waals surface area contributed by atoms with Crippen molar-refractivity contribution in [1.82, 2.24) is 4.57 Å². The third kappa shape index (κ3) is 3.33. The van der Waals surface area contributed by atoms with Gasteiger partial charge in [-0.3, -0.25) is 4.99 Å². The molecule has 0 aliphatic heterocycles. The first kappa shape index (κ1) is 15.1. The second-order valence-corrected chi connectivity index (χ2v) is 5.28. The Morgan fingerprint density at radius 1 is 1.09 bits per heavy atom. The lowest BCUT2D eigenvalue weighted by Crippen LogP contribution is -2.01. The molecular weight excluding hydrogens is 312 g/mol. The van der Waals surface area contributed by atoms with Crippen LogP contribution in [-0.4, -0.2) is 21.9 Å². The van der Waals surface area contributed by atoms with E-state index in [1.807, 2.05) is 47.2 Å². The molecule has 4 nitrogen and oxygen atoms in total. The van der Waals surface area contributed by atoms with Crippen LogP contribution in [0.2, 0.25) is 5.02 Å². The zero-order valence-electron chi connectivity index (χ0n) is 12.1. The number of carboxylic acid groups (broad SMARTS) is 1. The maximum atomic E-state index is 11.1. The predicted octanol–water partition coefficient (Wildman–Crippen LogP) is 4.58. The van der Waals surface area contributed by atoms with Gasteiger partial charge in [-0.2, -0.15) is 0 Å². The van der Waals surface area contributed by atoms with Crippen LogP contribution in [0.5, 0.6) is 0 Å². The van der Waals surface area contributed by atoms with Crippen molar-refractivity contribution in [2.45, 2.75) is 0 Å². The highest BCUT2D eigenvalue weighted by atomic mass is 35.5. The summed E-state index contributed by atoms with van der Waals surface area (Å²) in [4.78, 5) is 15.5. The monoisotopic (exact) mass is 324 g/mol. The zero-order valence-corrected chi connectivity index (χ0v) is 12.8. The molecule has 0 unspecified atom stereocenters. The van der Waals surface area contributed by atoms with E-state index in [1.54, 1.807) is 30.5 Å². The molecule has 1 N–H and O–H groups in total. The lowest BCUT2D eigenvalue weighted by atomic mass is 10.2. The lowest BCUT2D eigenvalue weighted by Gasteiger charge is -2.07. The second kappa shape index (κ2) is 6.50. The number of carboxylic acids is 1. The largest absolute Gasteiger partial charge is 0.478 e. The highest BCUT2D eigenvalue weighted by Crippen LogP contribution is 2.23. The Labute approximate surface area is 138 Å². The number of carbonyl (C=O) groups is 1. The number of rotatable bonds is 4. The minimum atomic E-state index is -0.953. The van der Waals surface area contributed by atoms with E-state index in [0.717, 1.165) is 11.4 Å². The summed E-state index contributed by atoms with van der Waals surface area (Å²) in [5.74, 6) is -0.953. The molecule has 0 spiro atoms. The molecular formula is C18H13ClN2O2. The number of para-hydroxylation sites is 1. The van der Waals surface area contributed by atoms with Crippen LogP contribution in [0, 0.1) is 0 Å². The summed E-state index contributed by atoms with van der Waals surface area (Å²) < 4.78 is 1.87. The van der Waals surface area contributed by atoms with Gasteiger partial charge in [-0.15, -0.1) is 0 Å². The Balaban J connectivity index is 1.96. The van der Waals surface area contributed by atoms with Crippen LogP contribution < -0.4 is 0 Å². The van der Waals surface area contributed by atoms with Crippen LogP contribution in [0.4, 0.5) is 5.69 Å². The third-order valence-corrected chi connectivity index (χ3v) is 3.66. The van der Waals surface area contributed by atoms with Gasteiger partial charge in [0.2, 0.25) is 0 Å². The van der Waals surface area contributed by atoms with E-state index < -0.39 is 5.97 Å². The summed E-state index contributed by atoms with van der Waals surface area (Å²) in [5, 5.41) is 9.69. The highest BCUT2D eigenvalue weighted by molar-refractivity contribution is 6.33. The average molecular weight is 325 g/mol. The number of aromatic nitrogens is 1. The van der Waals surface area contributed by atoms with Gasteiger partial charge in [0.15, 0.2) is 0 Å². The summed E-state index contributed by atoms with van der Waals surface area (Å²) in [6.07, 6.45) is 3.56. The van der Waals surface area contributed by atoms with Gasteiger partial charge in [-0.05, 0) is 42.5 Å². The van der Waals surface area contributed by atoms with E-state index in [2.05, 4.69) is 4.99 Å². The number of halogens is 1. The minimum absolute atomic E-state index is 0.241.